The van der Waals surface area contributed by atoms with Gasteiger partial charge in [0.25, 0.3) is 5.91 Å². The van der Waals surface area contributed by atoms with Gasteiger partial charge in [-0.15, -0.1) is 11.3 Å². The number of ether oxygens (including phenoxy) is 2. The lowest BCUT2D eigenvalue weighted by molar-refractivity contribution is -0.150. The third-order valence-electron chi connectivity index (χ3n) is 2.93. The molecule has 1 aromatic heterocycles. The van der Waals surface area contributed by atoms with Crippen LogP contribution < -0.4 is 10.1 Å². The summed E-state index contributed by atoms with van der Waals surface area (Å²) in [5, 5.41) is 4.72. The number of hydrogen-bond acceptors (Lipinski definition) is 6. The molecule has 0 unspecified atom stereocenters. The van der Waals surface area contributed by atoms with Crippen molar-refractivity contribution >= 4 is 35.0 Å². The number of carbonyl (C=O) groups excluding carboxylic acids is 2. The van der Waals surface area contributed by atoms with Gasteiger partial charge in [0.1, 0.15) is 11.6 Å². The summed E-state index contributed by atoms with van der Waals surface area (Å²) in [5.74, 6) is 0.651. The van der Waals surface area contributed by atoms with Gasteiger partial charge in [-0.25, -0.2) is 9.18 Å². The second-order valence-electron chi connectivity index (χ2n) is 4.89. The zero-order valence-electron chi connectivity index (χ0n) is 13.4. The van der Waals surface area contributed by atoms with E-state index in [0.29, 0.717) is 12.3 Å². The number of esters is 1. The minimum absolute atomic E-state index is 0.338. The van der Waals surface area contributed by atoms with E-state index < -0.39 is 5.97 Å². The average Bonchev–Trinajstić information content (AvgIpc) is 3.12. The third kappa shape index (κ3) is 8.04. The van der Waals surface area contributed by atoms with E-state index in [1.165, 1.54) is 29.1 Å². The molecule has 0 saturated heterocycles. The number of halogens is 1. The number of carbonyl (C=O) groups is 2. The predicted molar refractivity (Wildman–Crippen MR) is 96.3 cm³/mol. The summed E-state index contributed by atoms with van der Waals surface area (Å²) in [6, 6.07) is 9.35. The number of thiophene rings is 1. The highest BCUT2D eigenvalue weighted by Crippen LogP contribution is 2.16. The summed E-state index contributed by atoms with van der Waals surface area (Å²) >= 11 is 3.43. The maximum Gasteiger partial charge on any atom is 0.344 e. The molecule has 1 N–H and O–H groups in total. The fourth-order valence-electron chi connectivity index (χ4n) is 1.74. The van der Waals surface area contributed by atoms with Crippen LogP contribution >= 0.6 is 23.1 Å². The van der Waals surface area contributed by atoms with Gasteiger partial charge in [0.05, 0.1) is 0 Å². The standard InChI is InChI=1S/C17H18FNO4S2/c18-13-3-5-14(6-4-13)22-11-17(21)23-10-16(20)19-7-9-24-12-15-2-1-8-25-15/h1-6,8H,7,9-12H2,(H,19,20). The van der Waals surface area contributed by atoms with E-state index in [2.05, 4.69) is 11.4 Å². The first kappa shape index (κ1) is 19.3. The molecule has 2 aromatic rings. The molecule has 25 heavy (non-hydrogen) atoms. The summed E-state index contributed by atoms with van der Waals surface area (Å²) < 4.78 is 22.7. The highest BCUT2D eigenvalue weighted by Gasteiger charge is 2.08. The third-order valence-corrected chi connectivity index (χ3v) is 4.99. The van der Waals surface area contributed by atoms with Gasteiger partial charge in [-0.3, -0.25) is 4.79 Å². The number of rotatable bonds is 10. The van der Waals surface area contributed by atoms with Crippen molar-refractivity contribution in [3.8, 4) is 5.75 Å². The van der Waals surface area contributed by atoms with Crippen LogP contribution in [0, 0.1) is 5.82 Å². The number of thioether (sulfide) groups is 1. The molecule has 0 aliphatic carbocycles. The van der Waals surface area contributed by atoms with E-state index in [-0.39, 0.29) is 24.9 Å². The SMILES string of the molecule is O=C(COC(=O)COc1ccc(F)cc1)NCCSCc1cccs1. The molecule has 134 valence electrons. The van der Waals surface area contributed by atoms with Crippen molar-refractivity contribution < 1.29 is 23.5 Å². The lowest BCUT2D eigenvalue weighted by Gasteiger charge is -2.08. The van der Waals surface area contributed by atoms with Gasteiger partial charge < -0.3 is 14.8 Å². The fraction of sp³-hybridized carbons (Fsp3) is 0.294. The predicted octanol–water partition coefficient (Wildman–Crippen LogP) is 2.86. The minimum atomic E-state index is -0.661. The first-order valence-electron chi connectivity index (χ1n) is 7.54. The molecule has 1 amide bonds. The summed E-state index contributed by atoms with van der Waals surface area (Å²) in [5.41, 5.74) is 0. The van der Waals surface area contributed by atoms with Crippen molar-refractivity contribution in [2.45, 2.75) is 5.75 Å². The number of hydrogen-bond donors (Lipinski definition) is 1. The van der Waals surface area contributed by atoms with Crippen LogP contribution in [0.25, 0.3) is 0 Å². The van der Waals surface area contributed by atoms with Gasteiger partial charge in [0, 0.05) is 22.9 Å². The maximum atomic E-state index is 12.7. The highest BCUT2D eigenvalue weighted by molar-refractivity contribution is 7.98. The summed E-state index contributed by atoms with van der Waals surface area (Å²) in [6.07, 6.45) is 0. The number of nitrogens with one attached hydrogen (secondary N) is 1. The van der Waals surface area contributed by atoms with Crippen LogP contribution in [-0.4, -0.2) is 37.4 Å². The van der Waals surface area contributed by atoms with E-state index in [4.69, 9.17) is 9.47 Å². The molecule has 1 heterocycles. The van der Waals surface area contributed by atoms with Crippen molar-refractivity contribution in [2.75, 3.05) is 25.5 Å². The Bertz CT molecular complexity index is 662. The molecule has 0 bridgehead atoms. The summed E-state index contributed by atoms with van der Waals surface area (Å²) in [4.78, 5) is 24.4. The molecule has 0 spiro atoms. The van der Waals surface area contributed by atoms with Crippen molar-refractivity contribution in [3.05, 3.63) is 52.5 Å². The molecule has 0 saturated carbocycles. The molecule has 1 aromatic carbocycles. The molecule has 2 rings (SSSR count). The number of amides is 1. The van der Waals surface area contributed by atoms with Gasteiger partial charge in [-0.2, -0.15) is 11.8 Å². The van der Waals surface area contributed by atoms with Crippen LogP contribution in [0.3, 0.4) is 0 Å². The smallest absolute Gasteiger partial charge is 0.344 e. The highest BCUT2D eigenvalue weighted by atomic mass is 32.2. The van der Waals surface area contributed by atoms with Crippen molar-refractivity contribution in [1.82, 2.24) is 5.32 Å². The van der Waals surface area contributed by atoms with Gasteiger partial charge in [-0.05, 0) is 35.7 Å². The van der Waals surface area contributed by atoms with Crippen LogP contribution in [0.5, 0.6) is 5.75 Å². The molecule has 0 atom stereocenters. The first-order valence-corrected chi connectivity index (χ1v) is 9.58. The van der Waals surface area contributed by atoms with Gasteiger partial charge >= 0.3 is 5.97 Å². The van der Waals surface area contributed by atoms with Crippen LogP contribution in [0.4, 0.5) is 4.39 Å². The lowest BCUT2D eigenvalue weighted by atomic mass is 10.3. The van der Waals surface area contributed by atoms with Crippen LogP contribution in [0.1, 0.15) is 4.88 Å². The Labute approximate surface area is 153 Å². The Balaban J connectivity index is 1.50. The van der Waals surface area contributed by atoms with E-state index >= 15 is 0 Å². The van der Waals surface area contributed by atoms with Crippen molar-refractivity contribution in [1.29, 1.82) is 0 Å². The van der Waals surface area contributed by atoms with E-state index in [9.17, 15) is 14.0 Å². The Morgan fingerprint density at radius 2 is 1.96 bits per heavy atom. The van der Waals surface area contributed by atoms with Crippen LogP contribution in [0.2, 0.25) is 0 Å². The Kier molecular flexibility index (Phi) is 8.27. The molecule has 5 nitrogen and oxygen atoms in total. The Hall–Kier alpha value is -2.06. The molecule has 0 aliphatic rings. The Morgan fingerprint density at radius 3 is 2.68 bits per heavy atom. The molecular formula is C17H18FNO4S2. The quantitative estimate of drug-likeness (QED) is 0.505. The van der Waals surface area contributed by atoms with Crippen molar-refractivity contribution in [3.63, 3.8) is 0 Å². The van der Waals surface area contributed by atoms with Gasteiger partial charge in [0.15, 0.2) is 13.2 Å². The fourth-order valence-corrected chi connectivity index (χ4v) is 3.44. The average molecular weight is 383 g/mol. The maximum absolute atomic E-state index is 12.7. The van der Waals surface area contributed by atoms with Gasteiger partial charge in [-0.1, -0.05) is 6.07 Å². The normalized spacial score (nSPS) is 10.3. The molecule has 0 fully saturated rings. The second-order valence-corrected chi connectivity index (χ2v) is 7.02. The van der Waals surface area contributed by atoms with E-state index in [0.717, 1.165) is 11.5 Å². The van der Waals surface area contributed by atoms with Crippen LogP contribution in [-0.2, 0) is 20.1 Å². The van der Waals surface area contributed by atoms with Crippen LogP contribution in [0.15, 0.2) is 41.8 Å². The van der Waals surface area contributed by atoms with E-state index in [1.54, 1.807) is 23.1 Å². The Morgan fingerprint density at radius 1 is 1.16 bits per heavy atom. The summed E-state index contributed by atoms with van der Waals surface area (Å²) in [6.45, 7) is -0.171. The lowest BCUT2D eigenvalue weighted by Crippen LogP contribution is -2.31. The topological polar surface area (TPSA) is 64.6 Å². The summed E-state index contributed by atoms with van der Waals surface area (Å²) in [7, 11) is 0. The monoisotopic (exact) mass is 383 g/mol. The van der Waals surface area contributed by atoms with Crippen molar-refractivity contribution in [2.24, 2.45) is 0 Å². The largest absolute Gasteiger partial charge is 0.482 e. The molecule has 0 aliphatic heterocycles. The molecular weight excluding hydrogens is 365 g/mol. The molecule has 8 heteroatoms. The van der Waals surface area contributed by atoms with Gasteiger partial charge in [0.2, 0.25) is 0 Å². The first-order chi connectivity index (χ1) is 12.1. The van der Waals surface area contributed by atoms with E-state index in [1.807, 2.05) is 11.4 Å². The zero-order chi connectivity index (χ0) is 17.9. The number of benzene rings is 1. The second kappa shape index (κ2) is 10.7. The zero-order valence-corrected chi connectivity index (χ0v) is 15.0. The minimum Gasteiger partial charge on any atom is -0.482 e. The molecule has 0 radical (unpaired) electrons.